The van der Waals surface area contributed by atoms with Gasteiger partial charge >= 0.3 is 0 Å². The highest BCUT2D eigenvalue weighted by Gasteiger charge is 2.15. The van der Waals surface area contributed by atoms with E-state index in [1.165, 1.54) is 0 Å². The summed E-state index contributed by atoms with van der Waals surface area (Å²) in [6, 6.07) is 5.83. The van der Waals surface area contributed by atoms with Crippen molar-refractivity contribution >= 4 is 27.7 Å². The van der Waals surface area contributed by atoms with Crippen molar-refractivity contribution in [1.29, 1.82) is 0 Å². The fraction of sp³-hybridized carbons (Fsp3) is 0.571. The number of thioether (sulfide) groups is 1. The number of hydrogen-bond donors (Lipinski definition) is 1. The van der Waals surface area contributed by atoms with Crippen LogP contribution in [0.2, 0.25) is 0 Å². The Labute approximate surface area is 122 Å². The third-order valence-electron chi connectivity index (χ3n) is 2.42. The van der Waals surface area contributed by atoms with Crippen molar-refractivity contribution < 1.29 is 9.84 Å². The molecule has 1 rings (SSSR count). The van der Waals surface area contributed by atoms with Crippen molar-refractivity contribution in [3.63, 3.8) is 0 Å². The fourth-order valence-electron chi connectivity index (χ4n) is 1.49. The molecule has 2 nitrogen and oxygen atoms in total. The molecular formula is C14H21BrO2S. The van der Waals surface area contributed by atoms with Gasteiger partial charge in [0.05, 0.1) is 13.2 Å². The first kappa shape index (κ1) is 15.9. The number of ether oxygens (including phenoxy) is 1. The minimum atomic E-state index is -0.336. The van der Waals surface area contributed by atoms with Crippen LogP contribution < -0.4 is 4.74 Å². The van der Waals surface area contributed by atoms with E-state index in [0.29, 0.717) is 6.42 Å². The molecule has 0 radical (unpaired) electrons. The normalized spacial score (nSPS) is 13.4. The Morgan fingerprint density at radius 1 is 1.39 bits per heavy atom. The van der Waals surface area contributed by atoms with Gasteiger partial charge < -0.3 is 9.84 Å². The number of halogens is 1. The molecule has 102 valence electrons. The van der Waals surface area contributed by atoms with Crippen LogP contribution in [0, 0.1) is 0 Å². The largest absolute Gasteiger partial charge is 0.497 e. The Bertz CT molecular complexity index is 388. The molecule has 4 heteroatoms. The van der Waals surface area contributed by atoms with Gasteiger partial charge in [-0.05, 0) is 23.8 Å². The average Bonchev–Trinajstić information content (AvgIpc) is 2.28. The summed E-state index contributed by atoms with van der Waals surface area (Å²) in [7, 11) is 1.65. The molecule has 1 N–H and O–H groups in total. The van der Waals surface area contributed by atoms with E-state index in [1.54, 1.807) is 18.9 Å². The van der Waals surface area contributed by atoms with Gasteiger partial charge in [-0.3, -0.25) is 0 Å². The minimum Gasteiger partial charge on any atom is -0.497 e. The second kappa shape index (κ2) is 6.83. The third kappa shape index (κ3) is 5.63. The molecule has 1 atom stereocenters. The summed E-state index contributed by atoms with van der Waals surface area (Å²) in [5.74, 6) is 1.57. The van der Waals surface area contributed by atoms with Crippen molar-refractivity contribution in [2.24, 2.45) is 0 Å². The topological polar surface area (TPSA) is 29.5 Å². The van der Waals surface area contributed by atoms with Crippen molar-refractivity contribution in [2.75, 3.05) is 12.9 Å². The van der Waals surface area contributed by atoms with Crippen molar-refractivity contribution in [3.05, 3.63) is 28.2 Å². The van der Waals surface area contributed by atoms with E-state index in [2.05, 4.69) is 36.7 Å². The molecule has 0 saturated carbocycles. The molecular weight excluding hydrogens is 312 g/mol. The number of hydrogen-bond acceptors (Lipinski definition) is 3. The predicted molar refractivity (Wildman–Crippen MR) is 82.6 cm³/mol. The first-order chi connectivity index (χ1) is 8.31. The Hall–Kier alpha value is -0.190. The van der Waals surface area contributed by atoms with Crippen LogP contribution in [0.4, 0.5) is 0 Å². The minimum absolute atomic E-state index is 0.187. The lowest BCUT2D eigenvalue weighted by molar-refractivity contribution is 0.199. The second-order valence-corrected chi connectivity index (χ2v) is 7.94. The summed E-state index contributed by atoms with van der Waals surface area (Å²) in [5, 5.41) is 10.1. The summed E-state index contributed by atoms with van der Waals surface area (Å²) in [5.41, 5.74) is 1.08. The quantitative estimate of drug-likeness (QED) is 0.886. The Morgan fingerprint density at radius 2 is 2.06 bits per heavy atom. The smallest absolute Gasteiger partial charge is 0.119 e. The predicted octanol–water partition coefficient (Wildman–Crippen LogP) is 3.89. The molecule has 0 bridgehead atoms. The number of methoxy groups -OCH3 is 1. The zero-order valence-corrected chi connectivity index (χ0v) is 13.8. The first-order valence-corrected chi connectivity index (χ1v) is 7.74. The molecule has 0 saturated heterocycles. The van der Waals surface area contributed by atoms with E-state index in [1.807, 2.05) is 18.2 Å². The first-order valence-electron chi connectivity index (χ1n) is 5.96. The van der Waals surface area contributed by atoms with E-state index in [0.717, 1.165) is 21.5 Å². The highest BCUT2D eigenvalue weighted by atomic mass is 79.9. The van der Waals surface area contributed by atoms with Crippen molar-refractivity contribution in [1.82, 2.24) is 0 Å². The van der Waals surface area contributed by atoms with Crippen LogP contribution in [0.15, 0.2) is 22.7 Å². The van der Waals surface area contributed by atoms with Crippen LogP contribution in [-0.2, 0) is 6.42 Å². The highest BCUT2D eigenvalue weighted by molar-refractivity contribution is 9.10. The lowest BCUT2D eigenvalue weighted by Gasteiger charge is -2.20. The monoisotopic (exact) mass is 332 g/mol. The van der Waals surface area contributed by atoms with E-state index in [-0.39, 0.29) is 10.9 Å². The maximum atomic E-state index is 10.1. The van der Waals surface area contributed by atoms with Gasteiger partial charge in [0.1, 0.15) is 5.75 Å². The van der Waals surface area contributed by atoms with Gasteiger partial charge in [0.15, 0.2) is 0 Å². The van der Waals surface area contributed by atoms with Gasteiger partial charge in [-0.1, -0.05) is 36.7 Å². The third-order valence-corrected chi connectivity index (χ3v) is 4.61. The fourth-order valence-corrected chi connectivity index (χ4v) is 2.71. The van der Waals surface area contributed by atoms with Gasteiger partial charge in [-0.25, -0.2) is 0 Å². The summed E-state index contributed by atoms with van der Waals surface area (Å²) < 4.78 is 6.40. The van der Waals surface area contributed by atoms with Crippen LogP contribution in [0.3, 0.4) is 0 Å². The van der Waals surface area contributed by atoms with Crippen LogP contribution in [0.25, 0.3) is 0 Å². The van der Waals surface area contributed by atoms with E-state index >= 15 is 0 Å². The van der Waals surface area contributed by atoms with E-state index in [4.69, 9.17) is 4.74 Å². The molecule has 0 fully saturated rings. The highest BCUT2D eigenvalue weighted by Crippen LogP contribution is 2.27. The SMILES string of the molecule is COc1ccc(Br)c(CC(O)CSC(C)(C)C)c1. The molecule has 1 unspecified atom stereocenters. The number of benzene rings is 1. The number of aliphatic hydroxyl groups is 1. The molecule has 0 aliphatic carbocycles. The maximum Gasteiger partial charge on any atom is 0.119 e. The molecule has 0 heterocycles. The number of rotatable bonds is 5. The van der Waals surface area contributed by atoms with Crippen LogP contribution in [-0.4, -0.2) is 28.8 Å². The standard InChI is InChI=1S/C14H21BrO2S/c1-14(2,3)18-9-11(16)7-10-8-12(17-4)5-6-13(10)15/h5-6,8,11,16H,7,9H2,1-4H3. The summed E-state index contributed by atoms with van der Waals surface area (Å²) in [6.07, 6.45) is 0.304. The molecule has 0 spiro atoms. The zero-order chi connectivity index (χ0) is 13.8. The summed E-state index contributed by atoms with van der Waals surface area (Å²) >= 11 is 5.29. The summed E-state index contributed by atoms with van der Waals surface area (Å²) in [4.78, 5) is 0. The van der Waals surface area contributed by atoms with Gasteiger partial charge in [-0.2, -0.15) is 11.8 Å². The van der Waals surface area contributed by atoms with Gasteiger partial charge in [0.2, 0.25) is 0 Å². The molecule has 18 heavy (non-hydrogen) atoms. The summed E-state index contributed by atoms with van der Waals surface area (Å²) in [6.45, 7) is 6.48. The van der Waals surface area contributed by atoms with Crippen LogP contribution in [0.1, 0.15) is 26.3 Å². The van der Waals surface area contributed by atoms with Crippen molar-refractivity contribution in [3.8, 4) is 5.75 Å². The van der Waals surface area contributed by atoms with Gasteiger partial charge in [0.25, 0.3) is 0 Å². The molecule has 0 aliphatic rings. The Morgan fingerprint density at radius 3 is 2.61 bits per heavy atom. The molecule has 0 aromatic heterocycles. The molecule has 0 amide bonds. The molecule has 1 aromatic carbocycles. The van der Waals surface area contributed by atoms with E-state index < -0.39 is 0 Å². The zero-order valence-electron chi connectivity index (χ0n) is 11.4. The lowest BCUT2D eigenvalue weighted by atomic mass is 10.1. The molecule has 1 aromatic rings. The number of aliphatic hydroxyl groups excluding tert-OH is 1. The van der Waals surface area contributed by atoms with Gasteiger partial charge in [0, 0.05) is 21.4 Å². The Balaban J connectivity index is 2.61. The van der Waals surface area contributed by atoms with Crippen LogP contribution >= 0.6 is 27.7 Å². The molecule has 0 aliphatic heterocycles. The van der Waals surface area contributed by atoms with E-state index in [9.17, 15) is 5.11 Å². The van der Waals surface area contributed by atoms with Crippen LogP contribution in [0.5, 0.6) is 5.75 Å². The average molecular weight is 333 g/mol. The van der Waals surface area contributed by atoms with Crippen molar-refractivity contribution in [2.45, 2.75) is 38.0 Å². The Kier molecular flexibility index (Phi) is 6.02. The maximum absolute atomic E-state index is 10.1. The lowest BCUT2D eigenvalue weighted by Crippen LogP contribution is -2.19. The second-order valence-electron chi connectivity index (χ2n) is 5.24. The van der Waals surface area contributed by atoms with Gasteiger partial charge in [-0.15, -0.1) is 0 Å².